The number of fused-ring (bicyclic) bond motifs is 1. The first kappa shape index (κ1) is 15.1. The van der Waals surface area contributed by atoms with E-state index in [1.165, 1.54) is 7.11 Å². The van der Waals surface area contributed by atoms with Crippen LogP contribution in [0.25, 0.3) is 0 Å². The van der Waals surface area contributed by atoms with Gasteiger partial charge in [-0.1, -0.05) is 12.1 Å². The molecular weight excluding hydrogens is 296 g/mol. The number of benzene rings is 1. The van der Waals surface area contributed by atoms with Crippen LogP contribution in [0.3, 0.4) is 0 Å². The number of para-hydroxylation sites is 1. The summed E-state index contributed by atoms with van der Waals surface area (Å²) in [6.45, 7) is 1.87. The number of methoxy groups -OCH3 is 1. The van der Waals surface area contributed by atoms with Crippen LogP contribution in [-0.2, 0) is 16.6 Å². The molecule has 0 saturated carbocycles. The number of anilines is 2. The van der Waals surface area contributed by atoms with Crippen LogP contribution in [-0.4, -0.2) is 28.7 Å². The first-order valence-electron chi connectivity index (χ1n) is 7.27. The highest BCUT2D eigenvalue weighted by Gasteiger charge is 2.32. The minimum atomic E-state index is -0.562. The van der Waals surface area contributed by atoms with Crippen molar-refractivity contribution in [3.05, 3.63) is 35.7 Å². The molecule has 2 aromatic rings. The molecule has 1 aliphatic rings. The molecule has 1 atom stereocenters. The molecule has 1 aromatic carbocycles. The van der Waals surface area contributed by atoms with Gasteiger partial charge in [-0.25, -0.2) is 0 Å². The zero-order valence-electron chi connectivity index (χ0n) is 13.2. The summed E-state index contributed by atoms with van der Waals surface area (Å²) < 4.78 is 6.95. The van der Waals surface area contributed by atoms with Crippen molar-refractivity contribution in [2.45, 2.75) is 19.3 Å². The lowest BCUT2D eigenvalue weighted by Gasteiger charge is -2.26. The fourth-order valence-electron chi connectivity index (χ4n) is 2.70. The number of carbonyl (C=O) groups is 2. The van der Waals surface area contributed by atoms with Gasteiger partial charge >= 0.3 is 0 Å². The Morgan fingerprint density at radius 1 is 1.48 bits per heavy atom. The molecule has 0 aliphatic carbocycles. The Kier molecular flexibility index (Phi) is 3.77. The van der Waals surface area contributed by atoms with Gasteiger partial charge in [0.1, 0.15) is 5.75 Å². The molecule has 1 unspecified atom stereocenters. The summed E-state index contributed by atoms with van der Waals surface area (Å²) in [7, 11) is 3.34. The van der Waals surface area contributed by atoms with Crippen LogP contribution < -0.4 is 15.4 Å². The van der Waals surface area contributed by atoms with Gasteiger partial charge in [0, 0.05) is 13.5 Å². The fourth-order valence-corrected chi connectivity index (χ4v) is 2.70. The molecule has 120 valence electrons. The van der Waals surface area contributed by atoms with Gasteiger partial charge in [0.2, 0.25) is 11.8 Å². The van der Waals surface area contributed by atoms with E-state index in [4.69, 9.17) is 4.74 Å². The van der Waals surface area contributed by atoms with Crippen molar-refractivity contribution >= 4 is 23.2 Å². The summed E-state index contributed by atoms with van der Waals surface area (Å²) in [6, 6.07) is 5.40. The second-order valence-electron chi connectivity index (χ2n) is 5.49. The molecule has 0 saturated heterocycles. The summed E-state index contributed by atoms with van der Waals surface area (Å²) in [4.78, 5) is 24.6. The molecule has 0 bridgehead atoms. The van der Waals surface area contributed by atoms with E-state index < -0.39 is 5.92 Å². The Hall–Kier alpha value is -2.83. The Bertz CT molecular complexity index is 782. The third-order valence-electron chi connectivity index (χ3n) is 4.12. The SMILES string of the molecule is COc1cccc2c1NC(=O)CC2C(=O)Nc1cnn(C)c1C. The average molecular weight is 314 g/mol. The minimum absolute atomic E-state index is 0.102. The molecule has 1 aromatic heterocycles. The van der Waals surface area contributed by atoms with Crippen molar-refractivity contribution < 1.29 is 14.3 Å². The number of nitrogens with zero attached hydrogens (tertiary/aromatic N) is 2. The second kappa shape index (κ2) is 5.75. The zero-order valence-corrected chi connectivity index (χ0v) is 13.2. The van der Waals surface area contributed by atoms with Gasteiger partial charge < -0.3 is 15.4 Å². The fraction of sp³-hybridized carbons (Fsp3) is 0.312. The van der Waals surface area contributed by atoms with Crippen molar-refractivity contribution in [2.75, 3.05) is 17.7 Å². The van der Waals surface area contributed by atoms with Crippen LogP contribution in [0.5, 0.6) is 5.75 Å². The Morgan fingerprint density at radius 2 is 2.26 bits per heavy atom. The normalized spacial score (nSPS) is 16.5. The highest BCUT2D eigenvalue weighted by Crippen LogP contribution is 2.39. The predicted octanol–water partition coefficient (Wildman–Crippen LogP) is 1.80. The number of rotatable bonds is 3. The van der Waals surface area contributed by atoms with Gasteiger partial charge in [-0.15, -0.1) is 0 Å². The maximum absolute atomic E-state index is 12.7. The van der Waals surface area contributed by atoms with Crippen molar-refractivity contribution in [3.63, 3.8) is 0 Å². The van der Waals surface area contributed by atoms with Crippen LogP contribution in [0.4, 0.5) is 11.4 Å². The number of hydrogen-bond acceptors (Lipinski definition) is 4. The predicted molar refractivity (Wildman–Crippen MR) is 85.6 cm³/mol. The monoisotopic (exact) mass is 314 g/mol. The lowest BCUT2D eigenvalue weighted by molar-refractivity contribution is -0.123. The van der Waals surface area contributed by atoms with Gasteiger partial charge in [-0.05, 0) is 18.6 Å². The molecule has 0 spiro atoms. The maximum atomic E-state index is 12.7. The van der Waals surface area contributed by atoms with Crippen LogP contribution >= 0.6 is 0 Å². The highest BCUT2D eigenvalue weighted by molar-refractivity contribution is 6.06. The smallest absolute Gasteiger partial charge is 0.232 e. The van der Waals surface area contributed by atoms with E-state index in [1.54, 1.807) is 24.0 Å². The number of aromatic nitrogens is 2. The molecule has 0 fully saturated rings. The molecule has 0 radical (unpaired) electrons. The van der Waals surface area contributed by atoms with E-state index in [0.717, 1.165) is 11.3 Å². The van der Waals surface area contributed by atoms with Gasteiger partial charge in [0.25, 0.3) is 0 Å². The van der Waals surface area contributed by atoms with Crippen LogP contribution in [0.15, 0.2) is 24.4 Å². The molecule has 2 heterocycles. The first-order chi connectivity index (χ1) is 11.0. The van der Waals surface area contributed by atoms with Crippen molar-refractivity contribution in [3.8, 4) is 5.75 Å². The zero-order chi connectivity index (χ0) is 16.6. The van der Waals surface area contributed by atoms with Gasteiger partial charge in [0.15, 0.2) is 0 Å². The van der Waals surface area contributed by atoms with Crippen LogP contribution in [0.1, 0.15) is 23.6 Å². The number of ether oxygens (including phenoxy) is 1. The molecule has 2 amide bonds. The summed E-state index contributed by atoms with van der Waals surface area (Å²) >= 11 is 0. The van der Waals surface area contributed by atoms with E-state index in [2.05, 4.69) is 15.7 Å². The molecule has 7 heteroatoms. The Balaban J connectivity index is 1.93. The molecule has 1 aliphatic heterocycles. The summed E-state index contributed by atoms with van der Waals surface area (Å²) in [5, 5.41) is 9.74. The maximum Gasteiger partial charge on any atom is 0.232 e. The lowest BCUT2D eigenvalue weighted by atomic mass is 9.89. The summed E-state index contributed by atoms with van der Waals surface area (Å²) in [6.07, 6.45) is 1.70. The third-order valence-corrected chi connectivity index (χ3v) is 4.12. The molecular formula is C16H18N4O3. The topological polar surface area (TPSA) is 85.2 Å². The highest BCUT2D eigenvalue weighted by atomic mass is 16.5. The number of aryl methyl sites for hydroxylation is 1. The van der Waals surface area contributed by atoms with E-state index in [0.29, 0.717) is 17.1 Å². The van der Waals surface area contributed by atoms with Crippen molar-refractivity contribution in [1.29, 1.82) is 0 Å². The third kappa shape index (κ3) is 2.65. The lowest BCUT2D eigenvalue weighted by Crippen LogP contribution is -2.31. The van der Waals surface area contributed by atoms with Crippen LogP contribution in [0.2, 0.25) is 0 Å². The standard InChI is InChI=1S/C16H18N4O3/c1-9-12(8-17-20(9)2)18-16(22)11-7-14(21)19-15-10(11)5-4-6-13(15)23-3/h4-6,8,11H,7H2,1-3H3,(H,18,22)(H,19,21). The largest absolute Gasteiger partial charge is 0.495 e. The second-order valence-corrected chi connectivity index (χ2v) is 5.49. The minimum Gasteiger partial charge on any atom is -0.495 e. The molecule has 7 nitrogen and oxygen atoms in total. The van der Waals surface area contributed by atoms with E-state index >= 15 is 0 Å². The summed E-state index contributed by atoms with van der Waals surface area (Å²) in [5.41, 5.74) is 2.81. The van der Waals surface area contributed by atoms with Gasteiger partial charge in [0.05, 0.1) is 36.3 Å². The first-order valence-corrected chi connectivity index (χ1v) is 7.27. The van der Waals surface area contributed by atoms with Crippen molar-refractivity contribution in [2.24, 2.45) is 7.05 Å². The molecule has 23 heavy (non-hydrogen) atoms. The number of carbonyl (C=O) groups excluding carboxylic acids is 2. The van der Waals surface area contributed by atoms with Gasteiger partial charge in [-0.2, -0.15) is 5.10 Å². The van der Waals surface area contributed by atoms with Crippen molar-refractivity contribution in [1.82, 2.24) is 9.78 Å². The van der Waals surface area contributed by atoms with Gasteiger partial charge in [-0.3, -0.25) is 14.3 Å². The quantitative estimate of drug-likeness (QED) is 0.904. The van der Waals surface area contributed by atoms with Crippen LogP contribution in [0, 0.1) is 6.92 Å². The number of hydrogen-bond donors (Lipinski definition) is 2. The Morgan fingerprint density at radius 3 is 2.91 bits per heavy atom. The van der Waals surface area contributed by atoms with E-state index in [-0.39, 0.29) is 18.2 Å². The van der Waals surface area contributed by atoms with E-state index in [1.807, 2.05) is 19.1 Å². The Labute approximate surface area is 133 Å². The number of amides is 2. The molecule has 2 N–H and O–H groups in total. The number of nitrogens with one attached hydrogen (secondary N) is 2. The van der Waals surface area contributed by atoms with E-state index in [9.17, 15) is 9.59 Å². The molecule has 3 rings (SSSR count). The summed E-state index contributed by atoms with van der Waals surface area (Å²) in [5.74, 6) is -0.449. The average Bonchev–Trinajstić information content (AvgIpc) is 2.85.